The lowest BCUT2D eigenvalue weighted by molar-refractivity contribution is -0.139. The third-order valence-electron chi connectivity index (χ3n) is 7.96. The smallest absolute Gasteiger partial charge is 0.237 e. The van der Waals surface area contributed by atoms with Crippen molar-refractivity contribution in [3.63, 3.8) is 0 Å². The van der Waals surface area contributed by atoms with Crippen LogP contribution in [0.1, 0.15) is 49.7 Å². The molecule has 1 aromatic rings. The lowest BCUT2D eigenvalue weighted by Gasteiger charge is -2.39. The standard InChI is InChI=1S/C25H36N4O2/c30-24(18-23-25(31)26-10-13-29(23)21-8-3-4-9-21)28-12-5-11-27(14-15-28)22-16-19-6-1-2-7-20(19)17-22/h1-2,6-7,21-23H,3-5,8-18H2,(H,26,31). The zero-order valence-corrected chi connectivity index (χ0v) is 18.6. The molecule has 3 fully saturated rings. The van der Waals surface area contributed by atoms with E-state index in [1.807, 2.05) is 4.90 Å². The summed E-state index contributed by atoms with van der Waals surface area (Å²) in [4.78, 5) is 32.8. The third-order valence-corrected chi connectivity index (χ3v) is 7.96. The molecule has 6 nitrogen and oxygen atoms in total. The Bertz CT molecular complexity index is 781. The second-order valence-electron chi connectivity index (χ2n) is 9.79. The van der Waals surface area contributed by atoms with Gasteiger partial charge in [0.15, 0.2) is 0 Å². The number of amides is 2. The summed E-state index contributed by atoms with van der Waals surface area (Å²) >= 11 is 0. The van der Waals surface area contributed by atoms with Gasteiger partial charge in [0.1, 0.15) is 0 Å². The monoisotopic (exact) mass is 424 g/mol. The van der Waals surface area contributed by atoms with E-state index in [1.54, 1.807) is 0 Å². The fraction of sp³-hybridized carbons (Fsp3) is 0.680. The molecule has 0 spiro atoms. The van der Waals surface area contributed by atoms with E-state index in [2.05, 4.69) is 39.4 Å². The third kappa shape index (κ3) is 4.51. The molecule has 2 saturated heterocycles. The molecule has 1 atom stereocenters. The van der Waals surface area contributed by atoms with Gasteiger partial charge in [-0.3, -0.25) is 19.4 Å². The molecule has 2 aliphatic heterocycles. The number of piperazine rings is 1. The summed E-state index contributed by atoms with van der Waals surface area (Å²) in [5, 5.41) is 3.00. The minimum Gasteiger partial charge on any atom is -0.353 e. The first kappa shape index (κ1) is 21.0. The van der Waals surface area contributed by atoms with E-state index >= 15 is 0 Å². The van der Waals surface area contributed by atoms with Gasteiger partial charge in [-0.05, 0) is 43.2 Å². The molecule has 1 unspecified atom stereocenters. The quantitative estimate of drug-likeness (QED) is 0.801. The summed E-state index contributed by atoms with van der Waals surface area (Å²) in [5.41, 5.74) is 2.97. The highest BCUT2D eigenvalue weighted by molar-refractivity contribution is 5.89. The van der Waals surface area contributed by atoms with Crippen LogP contribution in [0, 0.1) is 0 Å². The average Bonchev–Trinajstić information content (AvgIpc) is 3.40. The molecule has 31 heavy (non-hydrogen) atoms. The zero-order chi connectivity index (χ0) is 21.2. The van der Waals surface area contributed by atoms with Gasteiger partial charge < -0.3 is 10.2 Å². The average molecular weight is 425 g/mol. The lowest BCUT2D eigenvalue weighted by atomic mass is 10.0. The molecule has 168 valence electrons. The van der Waals surface area contributed by atoms with Gasteiger partial charge in [-0.1, -0.05) is 37.1 Å². The predicted molar refractivity (Wildman–Crippen MR) is 121 cm³/mol. The van der Waals surface area contributed by atoms with Gasteiger partial charge in [0.25, 0.3) is 0 Å². The molecule has 1 aromatic carbocycles. The Morgan fingerprint density at radius 1 is 0.903 bits per heavy atom. The Kier molecular flexibility index (Phi) is 6.28. The van der Waals surface area contributed by atoms with E-state index in [9.17, 15) is 9.59 Å². The van der Waals surface area contributed by atoms with Crippen molar-refractivity contribution in [1.29, 1.82) is 0 Å². The molecule has 0 bridgehead atoms. The van der Waals surface area contributed by atoms with Crippen molar-refractivity contribution in [2.24, 2.45) is 0 Å². The van der Waals surface area contributed by atoms with Crippen LogP contribution < -0.4 is 5.32 Å². The lowest BCUT2D eigenvalue weighted by Crippen LogP contribution is -2.59. The van der Waals surface area contributed by atoms with Crippen molar-refractivity contribution in [2.45, 2.75) is 69.5 Å². The zero-order valence-electron chi connectivity index (χ0n) is 18.6. The van der Waals surface area contributed by atoms with Crippen LogP contribution in [0.3, 0.4) is 0 Å². The van der Waals surface area contributed by atoms with Gasteiger partial charge in [-0.25, -0.2) is 0 Å². The molecule has 2 aliphatic carbocycles. The van der Waals surface area contributed by atoms with Gasteiger partial charge in [0, 0.05) is 51.4 Å². The number of rotatable bonds is 4. The van der Waals surface area contributed by atoms with Crippen molar-refractivity contribution in [1.82, 2.24) is 20.0 Å². The molecular weight excluding hydrogens is 388 g/mol. The summed E-state index contributed by atoms with van der Waals surface area (Å²) < 4.78 is 0. The van der Waals surface area contributed by atoms with Crippen LogP contribution in [-0.2, 0) is 22.4 Å². The maximum atomic E-state index is 13.2. The fourth-order valence-corrected chi connectivity index (χ4v) is 6.26. The molecule has 5 rings (SSSR count). The summed E-state index contributed by atoms with van der Waals surface area (Å²) in [6, 6.07) is 9.55. The van der Waals surface area contributed by atoms with Gasteiger partial charge in [-0.15, -0.1) is 0 Å². The Morgan fingerprint density at radius 2 is 1.65 bits per heavy atom. The van der Waals surface area contributed by atoms with E-state index < -0.39 is 0 Å². The van der Waals surface area contributed by atoms with Gasteiger partial charge in [-0.2, -0.15) is 0 Å². The maximum Gasteiger partial charge on any atom is 0.237 e. The van der Waals surface area contributed by atoms with Crippen LogP contribution in [-0.4, -0.2) is 83.9 Å². The number of hydrogen-bond donors (Lipinski definition) is 1. The molecule has 0 radical (unpaired) electrons. The first-order chi connectivity index (χ1) is 15.2. The largest absolute Gasteiger partial charge is 0.353 e. The highest BCUT2D eigenvalue weighted by Gasteiger charge is 2.38. The van der Waals surface area contributed by atoms with Crippen molar-refractivity contribution in [3.8, 4) is 0 Å². The number of nitrogens with one attached hydrogen (secondary N) is 1. The number of carbonyl (C=O) groups is 2. The fourth-order valence-electron chi connectivity index (χ4n) is 6.26. The van der Waals surface area contributed by atoms with Crippen molar-refractivity contribution < 1.29 is 9.59 Å². The number of benzene rings is 1. The van der Waals surface area contributed by atoms with Gasteiger partial charge in [0.05, 0.1) is 12.5 Å². The minimum absolute atomic E-state index is 0.0478. The second kappa shape index (κ2) is 9.29. The summed E-state index contributed by atoms with van der Waals surface area (Å²) in [5.74, 6) is 0.202. The van der Waals surface area contributed by atoms with E-state index in [0.29, 0.717) is 25.0 Å². The predicted octanol–water partition coefficient (Wildman–Crippen LogP) is 1.82. The van der Waals surface area contributed by atoms with E-state index in [-0.39, 0.29) is 17.9 Å². The number of carbonyl (C=O) groups excluding carboxylic acids is 2. The number of fused-ring (bicyclic) bond motifs is 1. The van der Waals surface area contributed by atoms with E-state index in [4.69, 9.17) is 0 Å². The van der Waals surface area contributed by atoms with E-state index in [0.717, 1.165) is 52.0 Å². The summed E-state index contributed by atoms with van der Waals surface area (Å²) in [7, 11) is 0. The SMILES string of the molecule is O=C1NCCN(C2CCCC2)C1CC(=O)N1CCCN(C2Cc3ccccc3C2)CC1. The minimum atomic E-state index is -0.284. The Morgan fingerprint density at radius 3 is 2.39 bits per heavy atom. The van der Waals surface area contributed by atoms with Crippen LogP contribution in [0.15, 0.2) is 24.3 Å². The molecule has 0 aromatic heterocycles. The maximum absolute atomic E-state index is 13.2. The van der Waals surface area contributed by atoms with Crippen molar-refractivity contribution >= 4 is 11.8 Å². The van der Waals surface area contributed by atoms with Crippen LogP contribution in [0.5, 0.6) is 0 Å². The van der Waals surface area contributed by atoms with Gasteiger partial charge >= 0.3 is 0 Å². The first-order valence-corrected chi connectivity index (χ1v) is 12.3. The van der Waals surface area contributed by atoms with Crippen LogP contribution in [0.2, 0.25) is 0 Å². The summed E-state index contributed by atoms with van der Waals surface area (Å²) in [6.07, 6.45) is 8.43. The van der Waals surface area contributed by atoms with Crippen molar-refractivity contribution in [3.05, 3.63) is 35.4 Å². The summed E-state index contributed by atoms with van der Waals surface area (Å²) in [6.45, 7) is 5.18. The Labute approximate surface area is 185 Å². The number of hydrogen-bond acceptors (Lipinski definition) is 4. The van der Waals surface area contributed by atoms with Crippen LogP contribution in [0.4, 0.5) is 0 Å². The molecule has 2 amide bonds. The van der Waals surface area contributed by atoms with E-state index in [1.165, 1.54) is 36.8 Å². The van der Waals surface area contributed by atoms with Crippen LogP contribution >= 0.6 is 0 Å². The molecule has 2 heterocycles. The normalized spacial score (nSPS) is 26.6. The highest BCUT2D eigenvalue weighted by atomic mass is 16.2. The molecule has 6 heteroatoms. The Balaban J connectivity index is 1.18. The second-order valence-corrected chi connectivity index (χ2v) is 9.79. The molecule has 4 aliphatic rings. The van der Waals surface area contributed by atoms with Crippen molar-refractivity contribution in [2.75, 3.05) is 39.3 Å². The molecule has 1 N–H and O–H groups in total. The highest BCUT2D eigenvalue weighted by Crippen LogP contribution is 2.28. The topological polar surface area (TPSA) is 55.9 Å². The van der Waals surface area contributed by atoms with Gasteiger partial charge in [0.2, 0.25) is 11.8 Å². The Hall–Kier alpha value is -1.92. The number of nitrogens with zero attached hydrogens (tertiary/aromatic N) is 3. The molecular formula is C25H36N4O2. The first-order valence-electron chi connectivity index (χ1n) is 12.3. The molecule has 1 saturated carbocycles. The van der Waals surface area contributed by atoms with Crippen LogP contribution in [0.25, 0.3) is 0 Å².